The maximum Gasteiger partial charge on any atom is 0.273 e. The maximum atomic E-state index is 11.9. The molecule has 1 aliphatic heterocycles. The van der Waals surface area contributed by atoms with Crippen molar-refractivity contribution in [2.45, 2.75) is 32.2 Å². The highest BCUT2D eigenvalue weighted by Crippen LogP contribution is 2.26. The van der Waals surface area contributed by atoms with Gasteiger partial charge in [-0.3, -0.25) is 4.79 Å². The molecule has 0 aromatic carbocycles. The number of sulfonamides is 1. The summed E-state index contributed by atoms with van der Waals surface area (Å²) >= 11 is 0. The SMILES string of the molecule is Cc1cc(C(=O)NCc2nc(C3CCN(S(C)(=O)=O)CC3)no2)no1. The van der Waals surface area contributed by atoms with E-state index in [-0.39, 0.29) is 24.0 Å². The van der Waals surface area contributed by atoms with Crippen LogP contribution in [0.4, 0.5) is 0 Å². The molecule has 1 N–H and O–H groups in total. The molecule has 0 saturated carbocycles. The van der Waals surface area contributed by atoms with Gasteiger partial charge >= 0.3 is 0 Å². The van der Waals surface area contributed by atoms with Crippen LogP contribution in [0.5, 0.6) is 0 Å². The first kappa shape index (κ1) is 17.5. The Hall–Kier alpha value is -2.27. The van der Waals surface area contributed by atoms with Gasteiger partial charge in [0.1, 0.15) is 5.76 Å². The molecule has 25 heavy (non-hydrogen) atoms. The number of aryl methyl sites for hydroxylation is 1. The van der Waals surface area contributed by atoms with E-state index in [0.717, 1.165) is 0 Å². The zero-order valence-electron chi connectivity index (χ0n) is 13.9. The summed E-state index contributed by atoms with van der Waals surface area (Å²) in [4.78, 5) is 16.2. The highest BCUT2D eigenvalue weighted by atomic mass is 32.2. The monoisotopic (exact) mass is 369 g/mol. The van der Waals surface area contributed by atoms with Crippen LogP contribution in [0.3, 0.4) is 0 Å². The van der Waals surface area contributed by atoms with Crippen molar-refractivity contribution in [3.05, 3.63) is 29.2 Å². The summed E-state index contributed by atoms with van der Waals surface area (Å²) in [7, 11) is -3.16. The third-order valence-electron chi connectivity index (χ3n) is 4.03. The topological polar surface area (TPSA) is 131 Å². The van der Waals surface area contributed by atoms with Crippen LogP contribution in [0, 0.1) is 6.92 Å². The molecule has 3 rings (SSSR count). The van der Waals surface area contributed by atoms with E-state index >= 15 is 0 Å². The van der Waals surface area contributed by atoms with Gasteiger partial charge in [0.05, 0.1) is 12.8 Å². The van der Waals surface area contributed by atoms with Crippen LogP contribution in [-0.4, -0.2) is 53.3 Å². The molecule has 136 valence electrons. The number of amides is 1. The van der Waals surface area contributed by atoms with Crippen LogP contribution in [0.1, 0.15) is 46.7 Å². The summed E-state index contributed by atoms with van der Waals surface area (Å²) in [5.74, 6) is 1.02. The number of hydrogen-bond acceptors (Lipinski definition) is 8. The second kappa shape index (κ2) is 6.92. The van der Waals surface area contributed by atoms with E-state index in [4.69, 9.17) is 9.05 Å². The van der Waals surface area contributed by atoms with Crippen molar-refractivity contribution in [2.75, 3.05) is 19.3 Å². The van der Waals surface area contributed by atoms with E-state index in [9.17, 15) is 13.2 Å². The highest BCUT2D eigenvalue weighted by Gasteiger charge is 2.28. The van der Waals surface area contributed by atoms with Gasteiger partial charge in [-0.05, 0) is 19.8 Å². The van der Waals surface area contributed by atoms with Crippen LogP contribution in [0.15, 0.2) is 15.1 Å². The standard InChI is InChI=1S/C14H19N5O5S/c1-9-7-11(17-23-9)14(20)15-8-12-16-13(18-24-12)10-3-5-19(6-4-10)25(2,21)22/h7,10H,3-6,8H2,1-2H3,(H,15,20). The predicted molar refractivity (Wildman–Crippen MR) is 85.1 cm³/mol. The molecule has 0 unspecified atom stereocenters. The van der Waals surface area contributed by atoms with Crippen molar-refractivity contribution in [2.24, 2.45) is 0 Å². The average molecular weight is 369 g/mol. The Kier molecular flexibility index (Phi) is 4.86. The van der Waals surface area contributed by atoms with Gasteiger partial charge in [0.25, 0.3) is 5.91 Å². The normalized spacial score (nSPS) is 16.9. The minimum absolute atomic E-state index is 0.0457. The van der Waals surface area contributed by atoms with Gasteiger partial charge in [-0.1, -0.05) is 10.3 Å². The van der Waals surface area contributed by atoms with E-state index < -0.39 is 15.9 Å². The number of aromatic nitrogens is 3. The van der Waals surface area contributed by atoms with Crippen LogP contribution < -0.4 is 5.32 Å². The molecular formula is C14H19N5O5S. The molecule has 1 aliphatic rings. The third kappa shape index (κ3) is 4.23. The van der Waals surface area contributed by atoms with E-state index in [1.807, 2.05) is 0 Å². The lowest BCUT2D eigenvalue weighted by molar-refractivity contribution is 0.0937. The number of piperidine rings is 1. The molecule has 1 saturated heterocycles. The van der Waals surface area contributed by atoms with Crippen LogP contribution in [0.2, 0.25) is 0 Å². The first-order valence-electron chi connectivity index (χ1n) is 7.82. The Bertz CT molecular complexity index is 851. The Morgan fingerprint density at radius 1 is 1.32 bits per heavy atom. The van der Waals surface area contributed by atoms with Gasteiger partial charge in [-0.25, -0.2) is 12.7 Å². The molecule has 0 radical (unpaired) electrons. The molecule has 0 bridgehead atoms. The number of carbonyl (C=O) groups excluding carboxylic acids is 1. The number of carbonyl (C=O) groups is 1. The quantitative estimate of drug-likeness (QED) is 0.803. The summed E-state index contributed by atoms with van der Waals surface area (Å²) in [6, 6.07) is 1.53. The summed E-state index contributed by atoms with van der Waals surface area (Å²) < 4.78 is 34.5. The Balaban J connectivity index is 1.54. The van der Waals surface area contributed by atoms with Crippen LogP contribution in [-0.2, 0) is 16.6 Å². The summed E-state index contributed by atoms with van der Waals surface area (Å²) in [5.41, 5.74) is 0.186. The van der Waals surface area contributed by atoms with Gasteiger partial charge in [0, 0.05) is 25.1 Å². The second-order valence-corrected chi connectivity index (χ2v) is 7.97. The number of nitrogens with one attached hydrogen (secondary N) is 1. The fourth-order valence-corrected chi connectivity index (χ4v) is 3.55. The van der Waals surface area contributed by atoms with Gasteiger partial charge < -0.3 is 14.4 Å². The zero-order chi connectivity index (χ0) is 18.0. The van der Waals surface area contributed by atoms with Crippen molar-refractivity contribution in [3.63, 3.8) is 0 Å². The van der Waals surface area contributed by atoms with E-state index in [1.165, 1.54) is 16.6 Å². The predicted octanol–water partition coefficient (Wildman–Crippen LogP) is 0.435. The Morgan fingerprint density at radius 2 is 2.04 bits per heavy atom. The second-order valence-electron chi connectivity index (χ2n) is 5.99. The minimum Gasteiger partial charge on any atom is -0.361 e. The first-order valence-corrected chi connectivity index (χ1v) is 9.67. The lowest BCUT2D eigenvalue weighted by Crippen LogP contribution is -2.37. The van der Waals surface area contributed by atoms with Crippen LogP contribution >= 0.6 is 0 Å². The van der Waals surface area contributed by atoms with Gasteiger partial charge in [0.2, 0.25) is 15.9 Å². The van der Waals surface area contributed by atoms with Gasteiger partial charge in [-0.15, -0.1) is 0 Å². The minimum atomic E-state index is -3.16. The number of hydrogen-bond donors (Lipinski definition) is 1. The lowest BCUT2D eigenvalue weighted by Gasteiger charge is -2.28. The molecule has 0 atom stereocenters. The Morgan fingerprint density at radius 3 is 2.64 bits per heavy atom. The molecule has 3 heterocycles. The van der Waals surface area contributed by atoms with Crippen molar-refractivity contribution >= 4 is 15.9 Å². The van der Waals surface area contributed by atoms with Crippen molar-refractivity contribution in [1.29, 1.82) is 0 Å². The summed E-state index contributed by atoms with van der Waals surface area (Å²) in [6.45, 7) is 2.66. The van der Waals surface area contributed by atoms with Crippen molar-refractivity contribution < 1.29 is 22.3 Å². The summed E-state index contributed by atoms with van der Waals surface area (Å²) in [6.07, 6.45) is 2.48. The fraction of sp³-hybridized carbons (Fsp3) is 0.571. The fourth-order valence-electron chi connectivity index (χ4n) is 2.67. The van der Waals surface area contributed by atoms with E-state index in [2.05, 4.69) is 20.6 Å². The van der Waals surface area contributed by atoms with Crippen molar-refractivity contribution in [3.8, 4) is 0 Å². The molecular weight excluding hydrogens is 350 g/mol. The largest absolute Gasteiger partial charge is 0.361 e. The van der Waals surface area contributed by atoms with E-state index in [0.29, 0.717) is 37.5 Å². The third-order valence-corrected chi connectivity index (χ3v) is 5.34. The number of nitrogens with zero attached hydrogens (tertiary/aromatic N) is 4. The van der Waals surface area contributed by atoms with E-state index in [1.54, 1.807) is 6.92 Å². The molecule has 0 spiro atoms. The van der Waals surface area contributed by atoms with Crippen molar-refractivity contribution in [1.82, 2.24) is 24.9 Å². The average Bonchev–Trinajstić information content (AvgIpc) is 3.21. The molecule has 1 amide bonds. The highest BCUT2D eigenvalue weighted by molar-refractivity contribution is 7.88. The Labute approximate surface area is 144 Å². The lowest BCUT2D eigenvalue weighted by atomic mass is 9.98. The molecule has 1 fully saturated rings. The molecule has 11 heteroatoms. The van der Waals surface area contributed by atoms with Crippen LogP contribution in [0.25, 0.3) is 0 Å². The first-order chi connectivity index (χ1) is 11.8. The zero-order valence-corrected chi connectivity index (χ0v) is 14.7. The van der Waals surface area contributed by atoms with Gasteiger partial charge in [0.15, 0.2) is 11.5 Å². The summed E-state index contributed by atoms with van der Waals surface area (Å²) in [5, 5.41) is 10.2. The smallest absolute Gasteiger partial charge is 0.273 e. The molecule has 0 aliphatic carbocycles. The molecule has 2 aromatic rings. The maximum absolute atomic E-state index is 11.9. The number of rotatable bonds is 5. The van der Waals surface area contributed by atoms with Gasteiger partial charge in [-0.2, -0.15) is 4.98 Å². The molecule has 10 nitrogen and oxygen atoms in total. The molecule has 2 aromatic heterocycles.